The minimum atomic E-state index is -0.611. The van der Waals surface area contributed by atoms with Crippen molar-refractivity contribution in [1.29, 1.82) is 0 Å². The molecule has 0 aliphatic carbocycles. The molecular formula is C18H20FNO2S. The fraction of sp³-hybridized carbons (Fsp3) is 0.278. The quantitative estimate of drug-likeness (QED) is 0.750. The molecule has 0 fully saturated rings. The van der Waals surface area contributed by atoms with Crippen molar-refractivity contribution in [3.05, 3.63) is 66.0 Å². The number of hydrogen-bond donors (Lipinski definition) is 1. The Morgan fingerprint density at radius 2 is 1.87 bits per heavy atom. The van der Waals surface area contributed by atoms with E-state index in [1.165, 1.54) is 29.8 Å². The van der Waals surface area contributed by atoms with Crippen molar-refractivity contribution in [3.8, 4) is 5.75 Å². The van der Waals surface area contributed by atoms with Gasteiger partial charge in [-0.05, 0) is 36.8 Å². The summed E-state index contributed by atoms with van der Waals surface area (Å²) in [7, 11) is 0. The smallest absolute Gasteiger partial charge is 0.260 e. The van der Waals surface area contributed by atoms with Crippen LogP contribution in [0.1, 0.15) is 12.5 Å². The van der Waals surface area contributed by atoms with Gasteiger partial charge in [-0.25, -0.2) is 4.39 Å². The molecule has 0 bridgehead atoms. The molecule has 1 N–H and O–H groups in total. The van der Waals surface area contributed by atoms with Gasteiger partial charge < -0.3 is 10.1 Å². The Bertz CT molecular complexity index is 604. The van der Waals surface area contributed by atoms with Gasteiger partial charge >= 0.3 is 0 Å². The second-order valence-electron chi connectivity index (χ2n) is 5.04. The van der Waals surface area contributed by atoms with E-state index in [0.717, 1.165) is 11.5 Å². The van der Waals surface area contributed by atoms with Crippen LogP contribution in [0.25, 0.3) is 0 Å². The van der Waals surface area contributed by atoms with Crippen LogP contribution < -0.4 is 10.1 Å². The van der Waals surface area contributed by atoms with Gasteiger partial charge in [-0.15, -0.1) is 0 Å². The van der Waals surface area contributed by atoms with E-state index in [1.54, 1.807) is 18.7 Å². The van der Waals surface area contributed by atoms with Crippen molar-refractivity contribution >= 4 is 17.7 Å². The molecule has 2 rings (SSSR count). The monoisotopic (exact) mass is 333 g/mol. The summed E-state index contributed by atoms with van der Waals surface area (Å²) in [5.74, 6) is 1.74. The summed E-state index contributed by atoms with van der Waals surface area (Å²) in [6, 6.07) is 15.8. The van der Waals surface area contributed by atoms with Crippen molar-refractivity contribution in [3.63, 3.8) is 0 Å². The highest BCUT2D eigenvalue weighted by Crippen LogP contribution is 2.13. The molecule has 0 heterocycles. The molecule has 0 saturated carbocycles. The maximum absolute atomic E-state index is 12.8. The van der Waals surface area contributed by atoms with Crippen LogP contribution in [0, 0.1) is 5.82 Å². The van der Waals surface area contributed by atoms with Crippen LogP contribution in [-0.2, 0) is 10.5 Å². The summed E-state index contributed by atoms with van der Waals surface area (Å²) in [6.45, 7) is 2.27. The zero-order chi connectivity index (χ0) is 16.5. The highest BCUT2D eigenvalue weighted by atomic mass is 32.2. The minimum absolute atomic E-state index is 0.172. The predicted molar refractivity (Wildman–Crippen MR) is 92.1 cm³/mol. The third-order valence-corrected chi connectivity index (χ3v) is 4.18. The van der Waals surface area contributed by atoms with Gasteiger partial charge in [0.15, 0.2) is 6.10 Å². The largest absolute Gasteiger partial charge is 0.481 e. The number of benzene rings is 2. The fourth-order valence-corrected chi connectivity index (χ4v) is 2.74. The predicted octanol–water partition coefficient (Wildman–Crippen LogP) is 3.64. The number of nitrogens with one attached hydrogen (secondary N) is 1. The van der Waals surface area contributed by atoms with Gasteiger partial charge in [0.1, 0.15) is 11.6 Å². The first-order valence-electron chi connectivity index (χ1n) is 7.47. The second kappa shape index (κ2) is 9.20. The van der Waals surface area contributed by atoms with Crippen LogP contribution in [0.15, 0.2) is 54.6 Å². The van der Waals surface area contributed by atoms with Gasteiger partial charge in [0.25, 0.3) is 5.91 Å². The molecular weight excluding hydrogens is 313 g/mol. The summed E-state index contributed by atoms with van der Waals surface area (Å²) in [5.41, 5.74) is 1.27. The van der Waals surface area contributed by atoms with E-state index < -0.39 is 6.10 Å². The number of thioether (sulfide) groups is 1. The van der Waals surface area contributed by atoms with Crippen LogP contribution in [0.4, 0.5) is 4.39 Å². The molecule has 122 valence electrons. The minimum Gasteiger partial charge on any atom is -0.481 e. The van der Waals surface area contributed by atoms with Gasteiger partial charge in [-0.1, -0.05) is 30.3 Å². The van der Waals surface area contributed by atoms with E-state index in [4.69, 9.17) is 4.74 Å². The highest BCUT2D eigenvalue weighted by Gasteiger charge is 2.13. The molecule has 2 aromatic carbocycles. The summed E-state index contributed by atoms with van der Waals surface area (Å²) in [4.78, 5) is 11.9. The molecule has 0 saturated heterocycles. The highest BCUT2D eigenvalue weighted by molar-refractivity contribution is 7.98. The Morgan fingerprint density at radius 1 is 1.17 bits per heavy atom. The van der Waals surface area contributed by atoms with Crippen LogP contribution in [0.3, 0.4) is 0 Å². The number of hydrogen-bond acceptors (Lipinski definition) is 3. The van der Waals surface area contributed by atoms with E-state index in [0.29, 0.717) is 12.3 Å². The normalized spacial score (nSPS) is 11.7. The molecule has 0 aliphatic rings. The summed E-state index contributed by atoms with van der Waals surface area (Å²) in [5, 5.41) is 2.84. The van der Waals surface area contributed by atoms with Crippen LogP contribution in [0.2, 0.25) is 0 Å². The number of amides is 1. The van der Waals surface area contributed by atoms with Crippen LogP contribution in [-0.4, -0.2) is 24.3 Å². The van der Waals surface area contributed by atoms with Gasteiger partial charge in [-0.2, -0.15) is 11.8 Å². The molecule has 1 amide bonds. The van der Waals surface area contributed by atoms with Gasteiger partial charge in [0.2, 0.25) is 0 Å². The first-order valence-corrected chi connectivity index (χ1v) is 8.62. The fourth-order valence-electron chi connectivity index (χ4n) is 1.93. The zero-order valence-corrected chi connectivity index (χ0v) is 13.8. The lowest BCUT2D eigenvalue weighted by molar-refractivity contribution is -0.127. The Labute approximate surface area is 140 Å². The average molecular weight is 333 g/mol. The number of rotatable bonds is 8. The zero-order valence-electron chi connectivity index (χ0n) is 13.0. The van der Waals surface area contributed by atoms with Crippen molar-refractivity contribution < 1.29 is 13.9 Å². The van der Waals surface area contributed by atoms with E-state index in [9.17, 15) is 9.18 Å². The molecule has 0 radical (unpaired) electrons. The first kappa shape index (κ1) is 17.3. The van der Waals surface area contributed by atoms with Gasteiger partial charge in [0.05, 0.1) is 0 Å². The SMILES string of the molecule is CC(Oc1ccc(F)cc1)C(=O)NCCSCc1ccccc1. The summed E-state index contributed by atoms with van der Waals surface area (Å²) < 4.78 is 18.3. The Morgan fingerprint density at radius 3 is 2.57 bits per heavy atom. The Balaban J connectivity index is 1.63. The van der Waals surface area contributed by atoms with Crippen molar-refractivity contribution in [1.82, 2.24) is 5.32 Å². The number of ether oxygens (including phenoxy) is 1. The molecule has 3 nitrogen and oxygen atoms in total. The van der Waals surface area contributed by atoms with Crippen LogP contribution in [0.5, 0.6) is 5.75 Å². The van der Waals surface area contributed by atoms with E-state index in [-0.39, 0.29) is 11.7 Å². The molecule has 1 unspecified atom stereocenters. The third-order valence-electron chi connectivity index (χ3n) is 3.15. The lowest BCUT2D eigenvalue weighted by Gasteiger charge is -2.14. The lowest BCUT2D eigenvalue weighted by atomic mass is 10.2. The van der Waals surface area contributed by atoms with E-state index >= 15 is 0 Å². The van der Waals surface area contributed by atoms with Crippen LogP contribution >= 0.6 is 11.8 Å². The van der Waals surface area contributed by atoms with Crippen molar-refractivity contribution in [2.24, 2.45) is 0 Å². The van der Waals surface area contributed by atoms with Gasteiger partial charge in [0, 0.05) is 18.1 Å². The number of halogens is 1. The summed E-state index contributed by atoms with van der Waals surface area (Å²) >= 11 is 1.77. The number of carbonyl (C=O) groups is 1. The Hall–Kier alpha value is -2.01. The van der Waals surface area contributed by atoms with Crippen molar-refractivity contribution in [2.45, 2.75) is 18.8 Å². The van der Waals surface area contributed by atoms with E-state index in [1.807, 2.05) is 18.2 Å². The Kier molecular flexibility index (Phi) is 6.94. The molecule has 5 heteroatoms. The maximum Gasteiger partial charge on any atom is 0.260 e. The summed E-state index contributed by atoms with van der Waals surface area (Å²) in [6.07, 6.45) is -0.611. The molecule has 2 aromatic rings. The molecule has 0 spiro atoms. The lowest BCUT2D eigenvalue weighted by Crippen LogP contribution is -2.37. The molecule has 23 heavy (non-hydrogen) atoms. The maximum atomic E-state index is 12.8. The molecule has 1 atom stereocenters. The first-order chi connectivity index (χ1) is 11.1. The average Bonchev–Trinajstić information content (AvgIpc) is 2.57. The van der Waals surface area contributed by atoms with Gasteiger partial charge in [-0.3, -0.25) is 4.79 Å². The molecule has 0 aliphatic heterocycles. The van der Waals surface area contributed by atoms with E-state index in [2.05, 4.69) is 17.4 Å². The topological polar surface area (TPSA) is 38.3 Å². The van der Waals surface area contributed by atoms with Crippen molar-refractivity contribution in [2.75, 3.05) is 12.3 Å². The number of carbonyl (C=O) groups excluding carboxylic acids is 1. The second-order valence-corrected chi connectivity index (χ2v) is 6.15. The third kappa shape index (κ3) is 6.32. The molecule has 0 aromatic heterocycles. The standard InChI is InChI=1S/C18H20FNO2S/c1-14(22-17-9-7-16(19)8-10-17)18(21)20-11-12-23-13-15-5-3-2-4-6-15/h2-10,14H,11-13H2,1H3,(H,20,21).